The van der Waals surface area contributed by atoms with Crippen LogP contribution in [0.3, 0.4) is 0 Å². The minimum Gasteiger partial charge on any atom is -0.315 e. The lowest BCUT2D eigenvalue weighted by Gasteiger charge is -2.24. The van der Waals surface area contributed by atoms with E-state index in [0.717, 1.165) is 37.9 Å². The van der Waals surface area contributed by atoms with Crippen LogP contribution in [0, 0.1) is 22.7 Å². The zero-order valence-corrected chi connectivity index (χ0v) is 8.50. The number of nitrogens with one attached hydrogen (secondary N) is 1. The SMILES string of the molecule is N#CC1(CN2CC[C@@H]3CNC[C@@H]32)CC1. The summed E-state index contributed by atoms with van der Waals surface area (Å²) < 4.78 is 0. The summed E-state index contributed by atoms with van der Waals surface area (Å²) in [6, 6.07) is 3.23. The average molecular weight is 191 g/mol. The Labute approximate surface area is 85.1 Å². The first-order chi connectivity index (χ1) is 6.83. The average Bonchev–Trinajstić information content (AvgIpc) is 2.66. The Morgan fingerprint density at radius 1 is 1.43 bits per heavy atom. The van der Waals surface area contributed by atoms with Crippen molar-refractivity contribution >= 4 is 0 Å². The standard InChI is InChI=1S/C11H17N3/c12-7-11(2-3-11)8-14-4-1-9-5-13-6-10(9)14/h9-10,13H,1-6,8H2/t9-,10+/m1/s1. The van der Waals surface area contributed by atoms with Crippen LogP contribution in [0.15, 0.2) is 0 Å². The summed E-state index contributed by atoms with van der Waals surface area (Å²) in [5.74, 6) is 0.865. The van der Waals surface area contributed by atoms with Gasteiger partial charge >= 0.3 is 0 Å². The molecule has 0 unspecified atom stereocenters. The van der Waals surface area contributed by atoms with E-state index in [2.05, 4.69) is 16.3 Å². The van der Waals surface area contributed by atoms with Gasteiger partial charge in [0.05, 0.1) is 11.5 Å². The van der Waals surface area contributed by atoms with Crippen molar-refractivity contribution in [2.75, 3.05) is 26.2 Å². The van der Waals surface area contributed by atoms with Crippen LogP contribution in [0.5, 0.6) is 0 Å². The van der Waals surface area contributed by atoms with Gasteiger partial charge < -0.3 is 5.32 Å². The zero-order valence-electron chi connectivity index (χ0n) is 8.50. The van der Waals surface area contributed by atoms with Crippen LogP contribution in [0.2, 0.25) is 0 Å². The predicted octanol–water partition coefficient (Wildman–Crippen LogP) is 0.584. The quantitative estimate of drug-likeness (QED) is 0.694. The van der Waals surface area contributed by atoms with E-state index in [1.165, 1.54) is 19.5 Å². The minimum absolute atomic E-state index is 0.0531. The molecule has 2 atom stereocenters. The molecule has 1 aliphatic carbocycles. The molecule has 0 bridgehead atoms. The molecule has 3 rings (SSSR count). The molecule has 3 aliphatic rings. The summed E-state index contributed by atoms with van der Waals surface area (Å²) in [5.41, 5.74) is 0.0531. The molecule has 2 saturated heterocycles. The van der Waals surface area contributed by atoms with Crippen molar-refractivity contribution in [3.63, 3.8) is 0 Å². The number of likely N-dealkylation sites (tertiary alicyclic amines) is 1. The van der Waals surface area contributed by atoms with Crippen LogP contribution in [-0.2, 0) is 0 Å². The van der Waals surface area contributed by atoms with Crippen LogP contribution < -0.4 is 5.32 Å². The lowest BCUT2D eigenvalue weighted by atomic mass is 10.0. The predicted molar refractivity (Wildman–Crippen MR) is 53.6 cm³/mol. The maximum atomic E-state index is 9.07. The maximum absolute atomic E-state index is 9.07. The molecule has 14 heavy (non-hydrogen) atoms. The minimum atomic E-state index is 0.0531. The first kappa shape index (κ1) is 8.70. The third-order valence-corrected chi connectivity index (χ3v) is 4.16. The van der Waals surface area contributed by atoms with Crippen LogP contribution in [-0.4, -0.2) is 37.1 Å². The second-order valence-corrected chi connectivity index (χ2v) is 5.14. The monoisotopic (exact) mass is 191 g/mol. The highest BCUT2D eigenvalue weighted by Gasteiger charge is 2.48. The van der Waals surface area contributed by atoms with E-state index >= 15 is 0 Å². The maximum Gasteiger partial charge on any atom is 0.0703 e. The number of hydrogen-bond acceptors (Lipinski definition) is 3. The van der Waals surface area contributed by atoms with Crippen LogP contribution >= 0.6 is 0 Å². The normalized spacial score (nSPS) is 39.4. The van der Waals surface area contributed by atoms with Gasteiger partial charge in [-0.2, -0.15) is 5.26 Å². The number of hydrogen-bond donors (Lipinski definition) is 1. The van der Waals surface area contributed by atoms with Gasteiger partial charge in [-0.25, -0.2) is 0 Å². The smallest absolute Gasteiger partial charge is 0.0703 e. The molecule has 0 radical (unpaired) electrons. The second kappa shape index (κ2) is 2.95. The van der Waals surface area contributed by atoms with E-state index in [-0.39, 0.29) is 5.41 Å². The van der Waals surface area contributed by atoms with Crippen molar-refractivity contribution in [3.05, 3.63) is 0 Å². The van der Waals surface area contributed by atoms with Crippen LogP contribution in [0.1, 0.15) is 19.3 Å². The third kappa shape index (κ3) is 1.25. The Hall–Kier alpha value is -0.590. The first-order valence-corrected chi connectivity index (χ1v) is 5.69. The van der Waals surface area contributed by atoms with E-state index in [0.29, 0.717) is 0 Å². The van der Waals surface area contributed by atoms with Gasteiger partial charge in [0.15, 0.2) is 0 Å². The molecule has 76 valence electrons. The lowest BCUT2D eigenvalue weighted by Crippen LogP contribution is -2.38. The van der Waals surface area contributed by atoms with E-state index in [1.807, 2.05) is 0 Å². The molecule has 2 aliphatic heterocycles. The van der Waals surface area contributed by atoms with Gasteiger partial charge in [-0.15, -0.1) is 0 Å². The van der Waals surface area contributed by atoms with Gasteiger partial charge in [0.2, 0.25) is 0 Å². The van der Waals surface area contributed by atoms with E-state index < -0.39 is 0 Å². The fourth-order valence-electron chi connectivity index (χ4n) is 2.98. The molecular weight excluding hydrogens is 174 g/mol. The van der Waals surface area contributed by atoms with Gasteiger partial charge in [-0.1, -0.05) is 0 Å². The molecule has 3 nitrogen and oxygen atoms in total. The number of fused-ring (bicyclic) bond motifs is 1. The Kier molecular flexibility index (Phi) is 1.83. The van der Waals surface area contributed by atoms with Crippen molar-refractivity contribution in [1.29, 1.82) is 5.26 Å². The fraction of sp³-hybridized carbons (Fsp3) is 0.909. The van der Waals surface area contributed by atoms with Crippen molar-refractivity contribution in [2.45, 2.75) is 25.3 Å². The molecule has 0 amide bonds. The van der Waals surface area contributed by atoms with Gasteiger partial charge in [-0.3, -0.25) is 4.90 Å². The molecule has 0 aromatic rings. The highest BCUT2D eigenvalue weighted by atomic mass is 15.2. The highest BCUT2D eigenvalue weighted by Crippen LogP contribution is 2.46. The van der Waals surface area contributed by atoms with E-state index in [9.17, 15) is 0 Å². The van der Waals surface area contributed by atoms with E-state index in [1.54, 1.807) is 0 Å². The summed E-state index contributed by atoms with van der Waals surface area (Å²) in [6.07, 6.45) is 3.59. The first-order valence-electron chi connectivity index (χ1n) is 5.69. The summed E-state index contributed by atoms with van der Waals surface area (Å²) in [5, 5.41) is 12.5. The van der Waals surface area contributed by atoms with Crippen molar-refractivity contribution in [3.8, 4) is 6.07 Å². The van der Waals surface area contributed by atoms with Gasteiger partial charge in [0.25, 0.3) is 0 Å². The molecule has 3 fully saturated rings. The van der Waals surface area contributed by atoms with Crippen molar-refractivity contribution < 1.29 is 0 Å². The summed E-state index contributed by atoms with van der Waals surface area (Å²) in [4.78, 5) is 2.56. The molecule has 3 heteroatoms. The van der Waals surface area contributed by atoms with Crippen LogP contribution in [0.25, 0.3) is 0 Å². The van der Waals surface area contributed by atoms with Gasteiger partial charge in [-0.05, 0) is 38.3 Å². The summed E-state index contributed by atoms with van der Waals surface area (Å²) in [7, 11) is 0. The number of nitriles is 1. The van der Waals surface area contributed by atoms with Crippen molar-refractivity contribution in [2.24, 2.45) is 11.3 Å². The highest BCUT2D eigenvalue weighted by molar-refractivity contribution is 5.12. The van der Waals surface area contributed by atoms with Gasteiger partial charge in [0, 0.05) is 19.1 Å². The summed E-state index contributed by atoms with van der Waals surface area (Å²) in [6.45, 7) is 4.60. The Balaban J connectivity index is 1.66. The van der Waals surface area contributed by atoms with Crippen molar-refractivity contribution in [1.82, 2.24) is 10.2 Å². The third-order valence-electron chi connectivity index (χ3n) is 4.16. The summed E-state index contributed by atoms with van der Waals surface area (Å²) >= 11 is 0. The second-order valence-electron chi connectivity index (χ2n) is 5.14. The molecule has 1 saturated carbocycles. The van der Waals surface area contributed by atoms with Crippen LogP contribution in [0.4, 0.5) is 0 Å². The molecular formula is C11H17N3. The Bertz CT molecular complexity index is 277. The Morgan fingerprint density at radius 2 is 2.29 bits per heavy atom. The topological polar surface area (TPSA) is 39.1 Å². The van der Waals surface area contributed by atoms with E-state index in [4.69, 9.17) is 5.26 Å². The molecule has 0 spiro atoms. The number of nitrogens with zero attached hydrogens (tertiary/aromatic N) is 2. The fourth-order valence-corrected chi connectivity index (χ4v) is 2.98. The Morgan fingerprint density at radius 3 is 3.00 bits per heavy atom. The largest absolute Gasteiger partial charge is 0.315 e. The molecule has 0 aromatic carbocycles. The molecule has 1 N–H and O–H groups in total. The number of rotatable bonds is 2. The van der Waals surface area contributed by atoms with Gasteiger partial charge in [0.1, 0.15) is 0 Å². The molecule has 2 heterocycles. The zero-order chi connectivity index (χ0) is 9.60. The lowest BCUT2D eigenvalue weighted by molar-refractivity contribution is 0.224. The molecule has 0 aromatic heterocycles.